The van der Waals surface area contributed by atoms with Crippen LogP contribution in [0.25, 0.3) is 5.57 Å². The normalized spacial score (nSPS) is 26.8. The Bertz CT molecular complexity index is 472. The third kappa shape index (κ3) is 2.00. The molecule has 0 radical (unpaired) electrons. The first-order chi connectivity index (χ1) is 8.28. The van der Waals surface area contributed by atoms with Crippen LogP contribution in [0.2, 0.25) is 0 Å². The minimum Gasteiger partial charge on any atom is -0.494 e. The molecule has 1 aliphatic carbocycles. The van der Waals surface area contributed by atoms with Crippen molar-refractivity contribution in [3.63, 3.8) is 0 Å². The third-order valence-corrected chi connectivity index (χ3v) is 4.28. The third-order valence-electron chi connectivity index (χ3n) is 3.69. The summed E-state index contributed by atoms with van der Waals surface area (Å²) in [7, 11) is 1.67. The van der Waals surface area contributed by atoms with Gasteiger partial charge in [-0.15, -0.1) is 0 Å². The van der Waals surface area contributed by atoms with Crippen LogP contribution in [-0.4, -0.2) is 24.7 Å². The highest BCUT2D eigenvalue weighted by atomic mass is 79.9. The fraction of sp³-hybridized carbons (Fsp3) is 0.462. The predicted octanol–water partition coefficient (Wildman–Crippen LogP) is 2.62. The van der Waals surface area contributed by atoms with Crippen molar-refractivity contribution in [1.82, 2.24) is 10.3 Å². The maximum absolute atomic E-state index is 5.29. The second kappa shape index (κ2) is 4.42. The SMILES string of the molecule is COc1cc(C2=C[C@H]3NC[C@H]3CC2)cnc1Br. The van der Waals surface area contributed by atoms with Crippen LogP contribution in [0, 0.1) is 5.92 Å². The first kappa shape index (κ1) is 11.2. The van der Waals surface area contributed by atoms with E-state index in [1.165, 1.54) is 24.1 Å². The second-order valence-electron chi connectivity index (χ2n) is 4.64. The molecular weight excluding hydrogens is 280 g/mol. The number of nitrogens with one attached hydrogen (secondary N) is 1. The Labute approximate surface area is 109 Å². The van der Waals surface area contributed by atoms with E-state index in [4.69, 9.17) is 4.74 Å². The molecule has 0 saturated carbocycles. The molecule has 1 fully saturated rings. The van der Waals surface area contributed by atoms with E-state index >= 15 is 0 Å². The number of aromatic nitrogens is 1. The monoisotopic (exact) mass is 294 g/mol. The number of nitrogens with zero attached hydrogens (tertiary/aromatic N) is 1. The number of hydrogen-bond acceptors (Lipinski definition) is 3. The van der Waals surface area contributed by atoms with Crippen molar-refractivity contribution >= 4 is 21.5 Å². The molecule has 1 aromatic heterocycles. The summed E-state index contributed by atoms with van der Waals surface area (Å²) in [6, 6.07) is 2.63. The molecule has 0 bridgehead atoms. The van der Waals surface area contributed by atoms with Crippen LogP contribution in [0.5, 0.6) is 5.75 Å². The number of hydrogen-bond donors (Lipinski definition) is 1. The van der Waals surface area contributed by atoms with Crippen LogP contribution in [-0.2, 0) is 0 Å². The Morgan fingerprint density at radius 1 is 1.53 bits per heavy atom. The van der Waals surface area contributed by atoms with Gasteiger partial charge in [-0.3, -0.25) is 0 Å². The van der Waals surface area contributed by atoms with Gasteiger partial charge in [0, 0.05) is 18.8 Å². The van der Waals surface area contributed by atoms with Crippen molar-refractivity contribution < 1.29 is 4.74 Å². The van der Waals surface area contributed by atoms with E-state index in [2.05, 4.69) is 38.4 Å². The number of pyridine rings is 1. The highest BCUT2D eigenvalue weighted by molar-refractivity contribution is 9.10. The molecule has 1 aliphatic heterocycles. The quantitative estimate of drug-likeness (QED) is 0.852. The molecule has 90 valence electrons. The lowest BCUT2D eigenvalue weighted by molar-refractivity contribution is 0.256. The van der Waals surface area contributed by atoms with Crippen molar-refractivity contribution in [2.45, 2.75) is 18.9 Å². The van der Waals surface area contributed by atoms with Gasteiger partial charge in [0.25, 0.3) is 0 Å². The Kier molecular flexibility index (Phi) is 2.92. The lowest BCUT2D eigenvalue weighted by Crippen LogP contribution is -2.52. The molecule has 4 heteroatoms. The average Bonchev–Trinajstić information content (AvgIpc) is 2.32. The minimum absolute atomic E-state index is 0.577. The van der Waals surface area contributed by atoms with Gasteiger partial charge in [-0.25, -0.2) is 4.98 Å². The molecule has 17 heavy (non-hydrogen) atoms. The number of methoxy groups -OCH3 is 1. The van der Waals surface area contributed by atoms with Gasteiger partial charge in [0.05, 0.1) is 7.11 Å². The molecule has 2 atom stereocenters. The maximum Gasteiger partial charge on any atom is 0.152 e. The summed E-state index contributed by atoms with van der Waals surface area (Å²) in [5, 5.41) is 3.45. The van der Waals surface area contributed by atoms with Crippen LogP contribution in [0.15, 0.2) is 22.9 Å². The van der Waals surface area contributed by atoms with E-state index in [1.54, 1.807) is 7.11 Å². The van der Waals surface area contributed by atoms with Gasteiger partial charge in [-0.2, -0.15) is 0 Å². The summed E-state index contributed by atoms with van der Waals surface area (Å²) < 4.78 is 6.05. The molecule has 3 nitrogen and oxygen atoms in total. The number of fused-ring (bicyclic) bond motifs is 1. The Morgan fingerprint density at radius 3 is 3.06 bits per heavy atom. The first-order valence-electron chi connectivity index (χ1n) is 5.92. The first-order valence-corrected chi connectivity index (χ1v) is 6.71. The molecule has 0 amide bonds. The van der Waals surface area contributed by atoms with Gasteiger partial charge < -0.3 is 10.1 Å². The van der Waals surface area contributed by atoms with E-state index in [1.807, 2.05) is 6.20 Å². The number of allylic oxidation sites excluding steroid dienone is 1. The van der Waals surface area contributed by atoms with Crippen molar-refractivity contribution in [2.24, 2.45) is 5.92 Å². The summed E-state index contributed by atoms with van der Waals surface area (Å²) in [6.45, 7) is 1.18. The van der Waals surface area contributed by atoms with Crippen molar-refractivity contribution in [2.75, 3.05) is 13.7 Å². The fourth-order valence-corrected chi connectivity index (χ4v) is 2.90. The lowest BCUT2D eigenvalue weighted by atomic mass is 9.79. The zero-order valence-electron chi connectivity index (χ0n) is 9.74. The molecule has 0 aromatic carbocycles. The molecule has 0 spiro atoms. The van der Waals surface area contributed by atoms with E-state index in [9.17, 15) is 0 Å². The van der Waals surface area contributed by atoms with E-state index in [-0.39, 0.29) is 0 Å². The summed E-state index contributed by atoms with van der Waals surface area (Å²) in [6.07, 6.45) is 6.69. The minimum atomic E-state index is 0.577. The summed E-state index contributed by atoms with van der Waals surface area (Å²) in [4.78, 5) is 4.32. The van der Waals surface area contributed by atoms with Gasteiger partial charge >= 0.3 is 0 Å². The molecule has 1 saturated heterocycles. The number of ether oxygens (including phenoxy) is 1. The molecule has 3 rings (SSSR count). The largest absolute Gasteiger partial charge is 0.494 e. The van der Waals surface area contributed by atoms with Crippen molar-refractivity contribution in [1.29, 1.82) is 0 Å². The molecule has 2 aliphatic rings. The van der Waals surface area contributed by atoms with Crippen LogP contribution in [0.4, 0.5) is 0 Å². The highest BCUT2D eigenvalue weighted by Crippen LogP contribution is 2.35. The van der Waals surface area contributed by atoms with Crippen LogP contribution < -0.4 is 10.1 Å². The molecule has 1 N–H and O–H groups in total. The molecular formula is C13H15BrN2O. The van der Waals surface area contributed by atoms with Crippen LogP contribution in [0.1, 0.15) is 18.4 Å². The van der Waals surface area contributed by atoms with Gasteiger partial charge in [0.15, 0.2) is 5.75 Å². The Hall–Kier alpha value is -0.870. The van der Waals surface area contributed by atoms with E-state index in [0.29, 0.717) is 6.04 Å². The smallest absolute Gasteiger partial charge is 0.152 e. The predicted molar refractivity (Wildman–Crippen MR) is 71.0 cm³/mol. The topological polar surface area (TPSA) is 34.1 Å². The fourth-order valence-electron chi connectivity index (χ4n) is 2.53. The maximum atomic E-state index is 5.29. The molecule has 2 heterocycles. The van der Waals surface area contributed by atoms with Crippen molar-refractivity contribution in [3.05, 3.63) is 28.5 Å². The average molecular weight is 295 g/mol. The van der Waals surface area contributed by atoms with Crippen molar-refractivity contribution in [3.8, 4) is 5.75 Å². The highest BCUT2D eigenvalue weighted by Gasteiger charge is 2.31. The summed E-state index contributed by atoms with van der Waals surface area (Å²) in [5.74, 6) is 1.65. The molecule has 0 unspecified atom stereocenters. The standard InChI is InChI=1S/C13H15BrN2O/c1-17-12-5-10(7-16-13(12)14)8-2-3-9-6-15-11(9)4-8/h4-5,7,9,11,15H,2-3,6H2,1H3/t9-,11-/m1/s1. The molecule has 1 aromatic rings. The van der Waals surface area contributed by atoms with Gasteiger partial charge in [0.1, 0.15) is 4.60 Å². The van der Waals surface area contributed by atoms with Gasteiger partial charge in [0.2, 0.25) is 0 Å². The van der Waals surface area contributed by atoms with Gasteiger partial charge in [-0.1, -0.05) is 6.08 Å². The Morgan fingerprint density at radius 2 is 2.41 bits per heavy atom. The summed E-state index contributed by atoms with van der Waals surface area (Å²) in [5.41, 5.74) is 2.56. The number of rotatable bonds is 2. The zero-order valence-corrected chi connectivity index (χ0v) is 11.3. The van der Waals surface area contributed by atoms with E-state index < -0.39 is 0 Å². The van der Waals surface area contributed by atoms with Gasteiger partial charge in [-0.05, 0) is 51.9 Å². The number of halogens is 1. The second-order valence-corrected chi connectivity index (χ2v) is 5.39. The van der Waals surface area contributed by atoms with Crippen LogP contribution in [0.3, 0.4) is 0 Å². The van der Waals surface area contributed by atoms with Crippen LogP contribution >= 0.6 is 15.9 Å². The summed E-state index contributed by atoms with van der Waals surface area (Å²) >= 11 is 3.38. The zero-order chi connectivity index (χ0) is 11.8. The Balaban J connectivity index is 1.91. The lowest BCUT2D eigenvalue weighted by Gasteiger charge is -2.40. The van der Waals surface area contributed by atoms with E-state index in [0.717, 1.165) is 22.7 Å².